The van der Waals surface area contributed by atoms with Gasteiger partial charge in [0.2, 0.25) is 0 Å². The molecule has 0 unspecified atom stereocenters. The van der Waals surface area contributed by atoms with Crippen LogP contribution in [-0.4, -0.2) is 6.79 Å². The lowest BCUT2D eigenvalue weighted by Gasteiger charge is -1.99. The largest absolute Gasteiger partial charge is 0.307 e. The van der Waals surface area contributed by atoms with Gasteiger partial charge in [-0.2, -0.15) is 0 Å². The first kappa shape index (κ1) is 10.7. The van der Waals surface area contributed by atoms with Crippen LogP contribution < -0.4 is 0 Å². The van der Waals surface area contributed by atoms with Crippen molar-refractivity contribution >= 4 is 29.2 Å². The summed E-state index contributed by atoms with van der Waals surface area (Å²) in [6, 6.07) is 10.3. The standard InChI is InChI=1S/C10H6ClF.CH2O/c11-8-5-1-3-7-4-2-6-9(12)10(7)8;1-2/h1-6H;1H2. The number of rotatable bonds is 0. The summed E-state index contributed by atoms with van der Waals surface area (Å²) in [5.41, 5.74) is 0. The predicted octanol–water partition coefficient (Wildman–Crippen LogP) is 3.45. The zero-order chi connectivity index (χ0) is 10.6. The van der Waals surface area contributed by atoms with Gasteiger partial charge in [0.15, 0.2) is 0 Å². The van der Waals surface area contributed by atoms with Crippen molar-refractivity contribution in [3.05, 3.63) is 47.2 Å². The molecule has 0 spiro atoms. The molecule has 0 heterocycles. The van der Waals surface area contributed by atoms with Gasteiger partial charge < -0.3 is 4.79 Å². The Kier molecular flexibility index (Phi) is 3.60. The van der Waals surface area contributed by atoms with E-state index in [0.29, 0.717) is 10.4 Å². The van der Waals surface area contributed by atoms with Crippen molar-refractivity contribution in [1.82, 2.24) is 0 Å². The summed E-state index contributed by atoms with van der Waals surface area (Å²) in [5, 5.41) is 1.80. The second-order valence-corrected chi connectivity index (χ2v) is 2.98. The fraction of sp³-hybridized carbons (Fsp3) is 0. The van der Waals surface area contributed by atoms with Crippen molar-refractivity contribution in [2.24, 2.45) is 0 Å². The zero-order valence-electron chi connectivity index (χ0n) is 7.34. The fourth-order valence-corrected chi connectivity index (χ4v) is 1.52. The van der Waals surface area contributed by atoms with Crippen LogP contribution in [0.1, 0.15) is 0 Å². The topological polar surface area (TPSA) is 17.1 Å². The average molecular weight is 211 g/mol. The molecule has 0 N–H and O–H groups in total. The molecule has 1 nitrogen and oxygen atoms in total. The number of fused-ring (bicyclic) bond motifs is 1. The summed E-state index contributed by atoms with van der Waals surface area (Å²) in [4.78, 5) is 8.00. The maximum atomic E-state index is 13.2. The summed E-state index contributed by atoms with van der Waals surface area (Å²) in [5.74, 6) is -0.266. The summed E-state index contributed by atoms with van der Waals surface area (Å²) < 4.78 is 13.2. The normalized spacial score (nSPS) is 9.29. The van der Waals surface area contributed by atoms with Crippen molar-refractivity contribution in [2.45, 2.75) is 0 Å². The van der Waals surface area contributed by atoms with Crippen molar-refractivity contribution in [3.63, 3.8) is 0 Å². The Morgan fingerprint density at radius 3 is 2.21 bits per heavy atom. The van der Waals surface area contributed by atoms with Gasteiger partial charge in [-0.3, -0.25) is 0 Å². The van der Waals surface area contributed by atoms with Gasteiger partial charge in [0.25, 0.3) is 0 Å². The van der Waals surface area contributed by atoms with E-state index in [1.165, 1.54) is 6.07 Å². The molecule has 0 fully saturated rings. The van der Waals surface area contributed by atoms with Crippen LogP contribution in [0.25, 0.3) is 10.8 Å². The molecule has 0 aromatic heterocycles. The Hall–Kier alpha value is -1.41. The monoisotopic (exact) mass is 210 g/mol. The fourth-order valence-electron chi connectivity index (χ4n) is 1.25. The summed E-state index contributed by atoms with van der Waals surface area (Å²) in [7, 11) is 0. The smallest absolute Gasteiger partial charge is 0.132 e. The van der Waals surface area contributed by atoms with Crippen molar-refractivity contribution in [2.75, 3.05) is 0 Å². The van der Waals surface area contributed by atoms with E-state index in [4.69, 9.17) is 16.4 Å². The second-order valence-electron chi connectivity index (χ2n) is 2.58. The number of carbonyl (C=O) groups is 1. The van der Waals surface area contributed by atoms with Gasteiger partial charge in [-0.1, -0.05) is 35.9 Å². The highest BCUT2D eigenvalue weighted by Gasteiger charge is 2.02. The number of hydrogen-bond donors (Lipinski definition) is 0. The van der Waals surface area contributed by atoms with Crippen LogP contribution in [0.4, 0.5) is 4.39 Å². The Morgan fingerprint density at radius 2 is 1.64 bits per heavy atom. The maximum absolute atomic E-state index is 13.2. The molecule has 0 radical (unpaired) electrons. The first-order valence-corrected chi connectivity index (χ1v) is 4.28. The number of benzene rings is 2. The van der Waals surface area contributed by atoms with Crippen LogP contribution in [-0.2, 0) is 4.79 Å². The molecule has 0 amide bonds. The van der Waals surface area contributed by atoms with E-state index in [0.717, 1.165) is 5.39 Å². The third kappa shape index (κ3) is 1.91. The quantitative estimate of drug-likeness (QED) is 0.651. The molecule has 2 rings (SSSR count). The minimum atomic E-state index is -0.266. The number of hydrogen-bond acceptors (Lipinski definition) is 1. The Morgan fingerprint density at radius 1 is 1.07 bits per heavy atom. The third-order valence-corrected chi connectivity index (χ3v) is 2.12. The summed E-state index contributed by atoms with van der Waals surface area (Å²) in [6.45, 7) is 2.00. The van der Waals surface area contributed by atoms with Crippen molar-refractivity contribution < 1.29 is 9.18 Å². The highest BCUT2D eigenvalue weighted by molar-refractivity contribution is 6.35. The molecular formula is C11H8ClFO. The first-order valence-electron chi connectivity index (χ1n) is 3.90. The van der Waals surface area contributed by atoms with E-state index >= 15 is 0 Å². The van der Waals surface area contributed by atoms with Gasteiger partial charge >= 0.3 is 0 Å². The molecular weight excluding hydrogens is 203 g/mol. The zero-order valence-corrected chi connectivity index (χ0v) is 8.09. The molecule has 72 valence electrons. The SMILES string of the molecule is C=O.Fc1cccc2cccc(Cl)c12. The van der Waals surface area contributed by atoms with Crippen LogP contribution in [0.2, 0.25) is 5.02 Å². The molecule has 14 heavy (non-hydrogen) atoms. The van der Waals surface area contributed by atoms with E-state index in [-0.39, 0.29) is 5.82 Å². The van der Waals surface area contributed by atoms with E-state index in [1.54, 1.807) is 12.1 Å². The van der Waals surface area contributed by atoms with Crippen LogP contribution >= 0.6 is 11.6 Å². The van der Waals surface area contributed by atoms with Crippen LogP contribution in [0.3, 0.4) is 0 Å². The van der Waals surface area contributed by atoms with Gasteiger partial charge in [-0.15, -0.1) is 0 Å². The maximum Gasteiger partial charge on any atom is 0.132 e. The Bertz CT molecular complexity index is 405. The summed E-state index contributed by atoms with van der Waals surface area (Å²) in [6.07, 6.45) is 0. The van der Waals surface area contributed by atoms with Crippen molar-refractivity contribution in [3.8, 4) is 0 Å². The predicted molar refractivity (Wildman–Crippen MR) is 56.0 cm³/mol. The first-order chi connectivity index (χ1) is 6.79. The molecule has 0 aliphatic rings. The van der Waals surface area contributed by atoms with E-state index < -0.39 is 0 Å². The third-order valence-electron chi connectivity index (χ3n) is 1.80. The van der Waals surface area contributed by atoms with E-state index in [1.807, 2.05) is 25.0 Å². The van der Waals surface area contributed by atoms with Gasteiger partial charge in [0, 0.05) is 5.39 Å². The van der Waals surface area contributed by atoms with Crippen molar-refractivity contribution in [1.29, 1.82) is 0 Å². The highest BCUT2D eigenvalue weighted by Crippen LogP contribution is 2.25. The number of halogens is 2. The highest BCUT2D eigenvalue weighted by atomic mass is 35.5. The molecule has 0 saturated carbocycles. The Labute approximate surface area is 86.1 Å². The van der Waals surface area contributed by atoms with Gasteiger partial charge in [0.1, 0.15) is 12.6 Å². The van der Waals surface area contributed by atoms with Crippen LogP contribution in [0.5, 0.6) is 0 Å². The lowest BCUT2D eigenvalue weighted by Crippen LogP contribution is -1.79. The second kappa shape index (κ2) is 4.72. The Balaban J connectivity index is 0.000000461. The van der Waals surface area contributed by atoms with Crippen LogP contribution in [0, 0.1) is 5.82 Å². The van der Waals surface area contributed by atoms with Gasteiger partial charge in [-0.25, -0.2) is 4.39 Å². The molecule has 0 aliphatic heterocycles. The molecule has 2 aromatic rings. The molecule has 2 aromatic carbocycles. The molecule has 0 atom stereocenters. The van der Waals surface area contributed by atoms with Gasteiger partial charge in [0.05, 0.1) is 5.02 Å². The molecule has 0 bridgehead atoms. The lowest BCUT2D eigenvalue weighted by molar-refractivity contribution is -0.0979. The van der Waals surface area contributed by atoms with Gasteiger partial charge in [-0.05, 0) is 17.5 Å². The van der Waals surface area contributed by atoms with E-state index in [2.05, 4.69) is 0 Å². The number of carbonyl (C=O) groups excluding carboxylic acids is 1. The van der Waals surface area contributed by atoms with E-state index in [9.17, 15) is 4.39 Å². The lowest BCUT2D eigenvalue weighted by atomic mass is 10.1. The minimum absolute atomic E-state index is 0.266. The minimum Gasteiger partial charge on any atom is -0.307 e. The molecule has 0 aliphatic carbocycles. The molecule has 3 heteroatoms. The molecule has 0 saturated heterocycles. The average Bonchev–Trinajstić information content (AvgIpc) is 2.21. The summed E-state index contributed by atoms with van der Waals surface area (Å²) >= 11 is 5.82. The van der Waals surface area contributed by atoms with Crippen LogP contribution in [0.15, 0.2) is 36.4 Å².